The minimum atomic E-state index is -0.798. The molecule has 6 nitrogen and oxygen atoms in total. The Morgan fingerprint density at radius 3 is 3.00 bits per heavy atom. The molecule has 1 aliphatic carbocycles. The number of carboxylic acid groups (broad SMARTS) is 1. The topological polar surface area (TPSA) is 84.3 Å². The SMILES string of the molecule is CCOc1cncc(NC(CC(=O)O)C2CC2)n1. The molecule has 18 heavy (non-hydrogen) atoms. The molecule has 0 bridgehead atoms. The van der Waals surface area contributed by atoms with Crippen LogP contribution in [0.4, 0.5) is 5.82 Å². The number of rotatable bonds is 7. The Bertz CT molecular complexity index is 421. The van der Waals surface area contributed by atoms with Crippen LogP contribution in [-0.4, -0.2) is 33.7 Å². The zero-order valence-corrected chi connectivity index (χ0v) is 10.3. The van der Waals surface area contributed by atoms with Gasteiger partial charge >= 0.3 is 5.97 Å². The molecule has 0 aromatic carbocycles. The van der Waals surface area contributed by atoms with Gasteiger partial charge in [-0.15, -0.1) is 0 Å². The Labute approximate surface area is 105 Å². The molecule has 2 N–H and O–H groups in total. The number of aromatic nitrogens is 2. The van der Waals surface area contributed by atoms with E-state index in [1.807, 2.05) is 6.92 Å². The summed E-state index contributed by atoms with van der Waals surface area (Å²) in [5, 5.41) is 12.0. The van der Waals surface area contributed by atoms with E-state index in [4.69, 9.17) is 9.84 Å². The Hall–Kier alpha value is -1.85. The predicted octanol–water partition coefficient (Wildman–Crippen LogP) is 1.54. The Morgan fingerprint density at radius 2 is 2.39 bits per heavy atom. The van der Waals surface area contributed by atoms with Crippen molar-refractivity contribution in [3.05, 3.63) is 12.4 Å². The summed E-state index contributed by atoms with van der Waals surface area (Å²) in [5.41, 5.74) is 0. The second-order valence-electron chi connectivity index (χ2n) is 4.36. The van der Waals surface area contributed by atoms with Crippen LogP contribution in [0.3, 0.4) is 0 Å². The molecule has 1 unspecified atom stereocenters. The number of hydrogen-bond acceptors (Lipinski definition) is 5. The van der Waals surface area contributed by atoms with E-state index in [0.29, 0.717) is 24.2 Å². The maximum atomic E-state index is 10.8. The number of hydrogen-bond donors (Lipinski definition) is 2. The molecular weight excluding hydrogens is 234 g/mol. The fourth-order valence-electron chi connectivity index (χ4n) is 1.85. The van der Waals surface area contributed by atoms with Gasteiger partial charge in [-0.3, -0.25) is 9.78 Å². The van der Waals surface area contributed by atoms with Crippen molar-refractivity contribution in [2.75, 3.05) is 11.9 Å². The summed E-state index contributed by atoms with van der Waals surface area (Å²) >= 11 is 0. The molecule has 1 saturated carbocycles. The first kappa shape index (κ1) is 12.6. The minimum Gasteiger partial charge on any atom is -0.481 e. The van der Waals surface area contributed by atoms with Gasteiger partial charge in [0, 0.05) is 6.04 Å². The number of carbonyl (C=O) groups is 1. The molecule has 0 amide bonds. The van der Waals surface area contributed by atoms with Gasteiger partial charge in [0.1, 0.15) is 5.82 Å². The summed E-state index contributed by atoms with van der Waals surface area (Å²) in [4.78, 5) is 19.0. The zero-order valence-electron chi connectivity index (χ0n) is 10.3. The van der Waals surface area contributed by atoms with E-state index in [1.165, 1.54) is 6.20 Å². The maximum Gasteiger partial charge on any atom is 0.305 e. The van der Waals surface area contributed by atoms with E-state index in [0.717, 1.165) is 12.8 Å². The highest BCUT2D eigenvalue weighted by molar-refractivity contribution is 5.68. The van der Waals surface area contributed by atoms with Crippen LogP contribution in [0.2, 0.25) is 0 Å². The number of nitrogens with one attached hydrogen (secondary N) is 1. The largest absolute Gasteiger partial charge is 0.481 e. The molecule has 2 rings (SSSR count). The van der Waals surface area contributed by atoms with Crippen LogP contribution in [0.5, 0.6) is 5.88 Å². The lowest BCUT2D eigenvalue weighted by molar-refractivity contribution is -0.137. The number of anilines is 1. The van der Waals surface area contributed by atoms with Gasteiger partial charge in [0.05, 0.1) is 25.4 Å². The van der Waals surface area contributed by atoms with Crippen LogP contribution in [0, 0.1) is 5.92 Å². The van der Waals surface area contributed by atoms with Crippen LogP contribution in [0.1, 0.15) is 26.2 Å². The highest BCUT2D eigenvalue weighted by Crippen LogP contribution is 2.35. The smallest absolute Gasteiger partial charge is 0.305 e. The average molecular weight is 251 g/mol. The van der Waals surface area contributed by atoms with Gasteiger partial charge < -0.3 is 15.2 Å². The second kappa shape index (κ2) is 5.66. The summed E-state index contributed by atoms with van der Waals surface area (Å²) in [7, 11) is 0. The van der Waals surface area contributed by atoms with Crippen LogP contribution < -0.4 is 10.1 Å². The van der Waals surface area contributed by atoms with Crippen molar-refractivity contribution < 1.29 is 14.6 Å². The minimum absolute atomic E-state index is 0.0753. The fraction of sp³-hybridized carbons (Fsp3) is 0.583. The second-order valence-corrected chi connectivity index (χ2v) is 4.36. The maximum absolute atomic E-state index is 10.8. The molecule has 1 heterocycles. The third kappa shape index (κ3) is 3.58. The molecule has 98 valence electrons. The molecule has 1 fully saturated rings. The summed E-state index contributed by atoms with van der Waals surface area (Å²) in [6.07, 6.45) is 5.37. The molecule has 1 aromatic rings. The van der Waals surface area contributed by atoms with E-state index in [-0.39, 0.29) is 12.5 Å². The quantitative estimate of drug-likeness (QED) is 0.764. The van der Waals surface area contributed by atoms with Crippen LogP contribution in [-0.2, 0) is 4.79 Å². The van der Waals surface area contributed by atoms with Crippen molar-refractivity contribution in [1.82, 2.24) is 9.97 Å². The van der Waals surface area contributed by atoms with Crippen molar-refractivity contribution in [3.8, 4) is 5.88 Å². The molecule has 1 atom stereocenters. The molecule has 0 spiro atoms. The molecule has 0 aliphatic heterocycles. The Morgan fingerprint density at radius 1 is 1.61 bits per heavy atom. The van der Waals surface area contributed by atoms with Gasteiger partial charge in [0.15, 0.2) is 0 Å². The lowest BCUT2D eigenvalue weighted by atomic mass is 10.1. The standard InChI is InChI=1S/C12H17N3O3/c1-2-18-11-7-13-6-10(15-11)14-9(5-12(16)17)8-3-4-8/h6-9H,2-5H2,1H3,(H,14,15)(H,16,17). The predicted molar refractivity (Wildman–Crippen MR) is 65.6 cm³/mol. The van der Waals surface area contributed by atoms with Crippen molar-refractivity contribution in [2.45, 2.75) is 32.2 Å². The van der Waals surface area contributed by atoms with E-state index in [9.17, 15) is 4.79 Å². The van der Waals surface area contributed by atoms with Crippen molar-refractivity contribution in [1.29, 1.82) is 0 Å². The number of ether oxygens (including phenoxy) is 1. The third-order valence-corrected chi connectivity index (χ3v) is 2.82. The first-order valence-electron chi connectivity index (χ1n) is 6.12. The number of aliphatic carboxylic acids is 1. The van der Waals surface area contributed by atoms with Gasteiger partial charge in [-0.25, -0.2) is 0 Å². The lowest BCUT2D eigenvalue weighted by Gasteiger charge is -2.16. The van der Waals surface area contributed by atoms with Crippen LogP contribution in [0.25, 0.3) is 0 Å². The van der Waals surface area contributed by atoms with Crippen LogP contribution in [0.15, 0.2) is 12.4 Å². The number of carboxylic acids is 1. The fourth-order valence-corrected chi connectivity index (χ4v) is 1.85. The highest BCUT2D eigenvalue weighted by Gasteiger charge is 2.32. The first-order chi connectivity index (χ1) is 8.69. The molecule has 0 radical (unpaired) electrons. The lowest BCUT2D eigenvalue weighted by Crippen LogP contribution is -2.26. The van der Waals surface area contributed by atoms with E-state index >= 15 is 0 Å². The van der Waals surface area contributed by atoms with Crippen molar-refractivity contribution >= 4 is 11.8 Å². The Kier molecular flexibility index (Phi) is 3.96. The summed E-state index contributed by atoms with van der Waals surface area (Å²) in [5.74, 6) is 0.651. The highest BCUT2D eigenvalue weighted by atomic mass is 16.5. The van der Waals surface area contributed by atoms with Crippen molar-refractivity contribution in [3.63, 3.8) is 0 Å². The first-order valence-corrected chi connectivity index (χ1v) is 6.12. The third-order valence-electron chi connectivity index (χ3n) is 2.82. The summed E-state index contributed by atoms with van der Waals surface area (Å²) in [6.45, 7) is 2.40. The van der Waals surface area contributed by atoms with Gasteiger partial charge in [0.25, 0.3) is 0 Å². The monoisotopic (exact) mass is 251 g/mol. The molecular formula is C12H17N3O3. The van der Waals surface area contributed by atoms with Gasteiger partial charge in [-0.1, -0.05) is 0 Å². The van der Waals surface area contributed by atoms with Crippen LogP contribution >= 0.6 is 0 Å². The summed E-state index contributed by atoms with van der Waals surface area (Å²) in [6, 6.07) is -0.0753. The van der Waals surface area contributed by atoms with E-state index in [2.05, 4.69) is 15.3 Å². The average Bonchev–Trinajstić information content (AvgIpc) is 3.12. The normalized spacial score (nSPS) is 16.1. The van der Waals surface area contributed by atoms with Gasteiger partial charge in [-0.05, 0) is 25.7 Å². The number of nitrogens with zero attached hydrogens (tertiary/aromatic N) is 2. The molecule has 1 aromatic heterocycles. The van der Waals surface area contributed by atoms with Gasteiger partial charge in [-0.2, -0.15) is 4.98 Å². The van der Waals surface area contributed by atoms with E-state index in [1.54, 1.807) is 6.20 Å². The van der Waals surface area contributed by atoms with Crippen molar-refractivity contribution in [2.24, 2.45) is 5.92 Å². The molecule has 1 aliphatic rings. The molecule has 0 saturated heterocycles. The van der Waals surface area contributed by atoms with Gasteiger partial charge in [0.2, 0.25) is 5.88 Å². The molecule has 6 heteroatoms. The van der Waals surface area contributed by atoms with E-state index < -0.39 is 5.97 Å². The summed E-state index contributed by atoms with van der Waals surface area (Å²) < 4.78 is 5.26. The zero-order chi connectivity index (χ0) is 13.0. The Balaban J connectivity index is 2.01.